The molecule has 0 aliphatic carbocycles. The first-order chi connectivity index (χ1) is 10.5. The summed E-state index contributed by atoms with van der Waals surface area (Å²) in [5.41, 5.74) is 0.384. The molecular formula is C15H31NO6P+. The average molecular weight is 352 g/mol. The van der Waals surface area contributed by atoms with Crippen molar-refractivity contribution >= 4 is 13.8 Å². The minimum absolute atomic E-state index is 0.128. The summed E-state index contributed by atoms with van der Waals surface area (Å²) in [6.45, 7) is 7.39. The fraction of sp³-hybridized carbons (Fsp3) is 0.800. The number of nitrogens with zero attached hydrogens (tertiary/aromatic N) is 1. The molecule has 23 heavy (non-hydrogen) atoms. The molecule has 1 N–H and O–H groups in total. The number of quaternary nitrogens is 1. The molecule has 0 heterocycles. The number of esters is 1. The maximum Gasteiger partial charge on any atom is 0.472 e. The van der Waals surface area contributed by atoms with Crippen LogP contribution in [0.4, 0.5) is 0 Å². The van der Waals surface area contributed by atoms with Gasteiger partial charge in [0.05, 0.1) is 47.0 Å². The van der Waals surface area contributed by atoms with Gasteiger partial charge in [-0.2, -0.15) is 0 Å². The van der Waals surface area contributed by atoms with Crippen LogP contribution >= 0.6 is 7.82 Å². The number of phosphoric acid groups is 1. The van der Waals surface area contributed by atoms with Crippen molar-refractivity contribution in [3.8, 4) is 0 Å². The molecule has 0 fully saturated rings. The molecule has 2 unspecified atom stereocenters. The maximum atomic E-state index is 11.4. The van der Waals surface area contributed by atoms with E-state index in [9.17, 15) is 14.3 Å². The Hall–Kier alpha value is -0.720. The Bertz CT molecular complexity index is 432. The lowest BCUT2D eigenvalue weighted by Crippen LogP contribution is -2.45. The highest BCUT2D eigenvalue weighted by atomic mass is 31.2. The van der Waals surface area contributed by atoms with Crippen molar-refractivity contribution in [1.29, 1.82) is 0 Å². The van der Waals surface area contributed by atoms with E-state index >= 15 is 0 Å². The second-order valence-electron chi connectivity index (χ2n) is 6.34. The molecule has 7 nitrogen and oxygen atoms in total. The average Bonchev–Trinajstić information content (AvgIpc) is 2.39. The van der Waals surface area contributed by atoms with Crippen LogP contribution in [-0.2, 0) is 23.1 Å². The van der Waals surface area contributed by atoms with Crippen LogP contribution in [-0.4, -0.2) is 62.4 Å². The highest BCUT2D eigenvalue weighted by Crippen LogP contribution is 2.43. The van der Waals surface area contributed by atoms with Crippen molar-refractivity contribution in [3.05, 3.63) is 12.2 Å². The second-order valence-corrected chi connectivity index (χ2v) is 7.79. The summed E-state index contributed by atoms with van der Waals surface area (Å²) in [4.78, 5) is 20.7. The van der Waals surface area contributed by atoms with Crippen molar-refractivity contribution in [1.82, 2.24) is 0 Å². The van der Waals surface area contributed by atoms with E-state index < -0.39 is 7.82 Å². The molecule has 0 aromatic rings. The molecule has 8 heteroatoms. The van der Waals surface area contributed by atoms with Crippen LogP contribution in [0, 0.1) is 0 Å². The van der Waals surface area contributed by atoms with Crippen molar-refractivity contribution < 1.29 is 32.5 Å². The normalized spacial score (nSPS) is 15.7. The van der Waals surface area contributed by atoms with Gasteiger partial charge in [-0.1, -0.05) is 6.58 Å². The Morgan fingerprint density at radius 3 is 2.30 bits per heavy atom. The predicted molar refractivity (Wildman–Crippen MR) is 88.8 cm³/mol. The molecule has 0 spiro atoms. The van der Waals surface area contributed by atoms with E-state index in [1.54, 1.807) is 13.8 Å². The highest BCUT2D eigenvalue weighted by Gasteiger charge is 2.25. The zero-order valence-corrected chi connectivity index (χ0v) is 15.8. The van der Waals surface area contributed by atoms with Gasteiger partial charge in [-0.05, 0) is 20.3 Å². The number of rotatable bonds is 12. The smallest absolute Gasteiger partial charge is 0.462 e. The van der Waals surface area contributed by atoms with E-state index in [1.807, 2.05) is 0 Å². The zero-order valence-electron chi connectivity index (χ0n) is 14.9. The Morgan fingerprint density at radius 1 is 1.22 bits per heavy atom. The lowest BCUT2D eigenvalue weighted by Gasteiger charge is -2.34. The van der Waals surface area contributed by atoms with Gasteiger partial charge < -0.3 is 14.1 Å². The van der Waals surface area contributed by atoms with Gasteiger partial charge in [0.2, 0.25) is 0 Å². The molecule has 0 amide bonds. The summed E-state index contributed by atoms with van der Waals surface area (Å²) in [5, 5.41) is 0. The summed E-state index contributed by atoms with van der Waals surface area (Å²) in [7, 11) is 2.25. The summed E-state index contributed by atoms with van der Waals surface area (Å²) < 4.78 is 26.8. The van der Waals surface area contributed by atoms with Crippen molar-refractivity contribution in [2.75, 3.05) is 41.0 Å². The van der Waals surface area contributed by atoms with Gasteiger partial charge in [0.15, 0.2) is 0 Å². The summed E-state index contributed by atoms with van der Waals surface area (Å²) in [6, 6.07) is 0.238. The Morgan fingerprint density at radius 2 is 1.83 bits per heavy atom. The van der Waals surface area contributed by atoms with Crippen LogP contribution in [0.2, 0.25) is 0 Å². The summed E-state index contributed by atoms with van der Waals surface area (Å²) in [6.07, 6.45) is 2.09. The fourth-order valence-corrected chi connectivity index (χ4v) is 2.79. The molecule has 0 radical (unpaired) electrons. The number of ether oxygens (including phenoxy) is 1. The molecule has 0 aliphatic heterocycles. The molecule has 136 valence electrons. The third-order valence-corrected chi connectivity index (χ3v) is 4.45. The number of hydrogen-bond donors (Lipinski definition) is 1. The summed E-state index contributed by atoms with van der Waals surface area (Å²) >= 11 is 0. The molecule has 0 rings (SSSR count). The number of carbonyl (C=O) groups excluding carboxylic acids is 1. The molecule has 2 atom stereocenters. The first-order valence-electron chi connectivity index (χ1n) is 7.75. The lowest BCUT2D eigenvalue weighted by atomic mass is 10.1. The lowest BCUT2D eigenvalue weighted by molar-refractivity contribution is -0.896. The largest absolute Gasteiger partial charge is 0.472 e. The van der Waals surface area contributed by atoms with Crippen LogP contribution in [0.5, 0.6) is 0 Å². The summed E-state index contributed by atoms with van der Waals surface area (Å²) in [5.74, 6) is -0.383. The van der Waals surface area contributed by atoms with E-state index in [0.29, 0.717) is 29.5 Å². The standard InChI is InChI=1S/C15H30NO6P/c1-7-21-23(18,19)22-11-8-9-14(16(4,5)6)10-12-20-15(17)13(2)3/h14H,2,7-12H2,1,3-6H3/p+1. The molecule has 0 aliphatic rings. The van der Waals surface area contributed by atoms with E-state index in [2.05, 4.69) is 32.2 Å². The SMILES string of the molecule is C=C(C)C(=O)OCCC(CCCOP(=O)(O)OCC)[N+](C)(C)C. The first kappa shape index (κ1) is 22.3. The Labute approximate surface area is 139 Å². The number of carbonyl (C=O) groups is 1. The molecule has 0 bridgehead atoms. The van der Waals surface area contributed by atoms with Gasteiger partial charge in [0.1, 0.15) is 0 Å². The molecule has 0 aromatic heterocycles. The second kappa shape index (κ2) is 10.2. The van der Waals surface area contributed by atoms with E-state index in [-0.39, 0.29) is 25.2 Å². The van der Waals surface area contributed by atoms with Crippen LogP contribution in [0.1, 0.15) is 33.1 Å². The monoisotopic (exact) mass is 352 g/mol. The van der Waals surface area contributed by atoms with Crippen LogP contribution in [0.15, 0.2) is 12.2 Å². The van der Waals surface area contributed by atoms with E-state index in [4.69, 9.17) is 9.26 Å². The Balaban J connectivity index is 4.25. The highest BCUT2D eigenvalue weighted by molar-refractivity contribution is 7.47. The minimum atomic E-state index is -3.92. The molecule has 0 saturated carbocycles. The quantitative estimate of drug-likeness (QED) is 0.191. The van der Waals surface area contributed by atoms with Gasteiger partial charge in [-0.3, -0.25) is 9.05 Å². The topological polar surface area (TPSA) is 82.1 Å². The van der Waals surface area contributed by atoms with E-state index in [1.165, 1.54) is 0 Å². The van der Waals surface area contributed by atoms with E-state index in [0.717, 1.165) is 6.42 Å². The van der Waals surface area contributed by atoms with Crippen molar-refractivity contribution in [3.63, 3.8) is 0 Å². The van der Waals surface area contributed by atoms with Gasteiger partial charge in [-0.25, -0.2) is 9.36 Å². The molecule has 0 aromatic carbocycles. The number of phosphoric ester groups is 1. The third kappa shape index (κ3) is 10.6. The van der Waals surface area contributed by atoms with Crippen LogP contribution in [0.25, 0.3) is 0 Å². The van der Waals surface area contributed by atoms with Gasteiger partial charge in [-0.15, -0.1) is 0 Å². The van der Waals surface area contributed by atoms with Gasteiger partial charge >= 0.3 is 13.8 Å². The fourth-order valence-electron chi connectivity index (χ4n) is 2.03. The first-order valence-corrected chi connectivity index (χ1v) is 9.24. The number of hydrogen-bond acceptors (Lipinski definition) is 5. The molecular weight excluding hydrogens is 321 g/mol. The maximum absolute atomic E-state index is 11.4. The van der Waals surface area contributed by atoms with Crippen LogP contribution in [0.3, 0.4) is 0 Å². The van der Waals surface area contributed by atoms with Gasteiger partial charge in [0, 0.05) is 18.4 Å². The van der Waals surface area contributed by atoms with Crippen molar-refractivity contribution in [2.24, 2.45) is 0 Å². The zero-order chi connectivity index (χ0) is 18.1. The molecule has 0 saturated heterocycles. The van der Waals surface area contributed by atoms with Crippen LogP contribution < -0.4 is 0 Å². The minimum Gasteiger partial charge on any atom is -0.462 e. The Kier molecular flexibility index (Phi) is 9.89. The van der Waals surface area contributed by atoms with Gasteiger partial charge in [0.25, 0.3) is 0 Å². The predicted octanol–water partition coefficient (Wildman–Crippen LogP) is 2.50. The van der Waals surface area contributed by atoms with Crippen molar-refractivity contribution in [2.45, 2.75) is 39.2 Å². The third-order valence-electron chi connectivity index (χ3n) is 3.36.